The van der Waals surface area contributed by atoms with Crippen LogP contribution in [-0.2, 0) is 0 Å². The summed E-state index contributed by atoms with van der Waals surface area (Å²) in [6, 6.07) is 9.50. The fourth-order valence-electron chi connectivity index (χ4n) is 1.59. The van der Waals surface area contributed by atoms with Crippen LogP contribution in [-0.4, -0.2) is 31.1 Å². The molecule has 1 heterocycles. The van der Waals surface area contributed by atoms with Crippen LogP contribution in [0.4, 0.5) is 14.6 Å². The summed E-state index contributed by atoms with van der Waals surface area (Å²) in [5, 5.41) is 0.249. The highest BCUT2D eigenvalue weighted by Crippen LogP contribution is 2.19. The Hall–Kier alpha value is -1.16. The van der Waals surface area contributed by atoms with E-state index in [1.807, 2.05) is 35.2 Å². The zero-order valence-corrected chi connectivity index (χ0v) is 7.74. The molecule has 1 aliphatic rings. The van der Waals surface area contributed by atoms with Gasteiger partial charge in [-0.25, -0.2) is 4.39 Å². The third-order valence-corrected chi connectivity index (χ3v) is 2.38. The van der Waals surface area contributed by atoms with Crippen molar-refractivity contribution in [2.45, 2.75) is 6.30 Å². The first-order valence-corrected chi connectivity index (χ1v) is 4.64. The number of hydrogen-bond donors (Lipinski definition) is 0. The average molecular weight is 198 g/mol. The molecular weight excluding hydrogens is 186 g/mol. The number of rotatable bonds is 1. The Bertz CT molecular complexity index is 291. The molecule has 1 fully saturated rings. The Morgan fingerprint density at radius 2 is 1.86 bits per heavy atom. The van der Waals surface area contributed by atoms with Gasteiger partial charge in [-0.3, -0.25) is 0 Å². The number of halogens is 2. The van der Waals surface area contributed by atoms with Crippen LogP contribution in [0.25, 0.3) is 0 Å². The maximum atomic E-state index is 13.0. The molecule has 4 heteroatoms. The number of benzene rings is 1. The molecule has 0 spiro atoms. The predicted molar refractivity (Wildman–Crippen MR) is 51.4 cm³/mol. The van der Waals surface area contributed by atoms with Gasteiger partial charge in [0.2, 0.25) is 0 Å². The van der Waals surface area contributed by atoms with Crippen molar-refractivity contribution < 1.29 is 8.87 Å². The molecule has 0 radical (unpaired) electrons. The van der Waals surface area contributed by atoms with Gasteiger partial charge in [-0.15, -0.1) is 9.60 Å². The minimum atomic E-state index is -1.51. The lowest BCUT2D eigenvalue weighted by Crippen LogP contribution is -2.47. The van der Waals surface area contributed by atoms with Crippen molar-refractivity contribution >= 4 is 5.69 Å². The van der Waals surface area contributed by atoms with Crippen LogP contribution in [0, 0.1) is 0 Å². The molecule has 1 aromatic rings. The first-order chi connectivity index (χ1) is 6.77. The highest BCUT2D eigenvalue weighted by molar-refractivity contribution is 5.46. The van der Waals surface area contributed by atoms with Crippen molar-refractivity contribution in [1.82, 2.24) is 5.12 Å². The summed E-state index contributed by atoms with van der Waals surface area (Å²) < 4.78 is 25.7. The van der Waals surface area contributed by atoms with Crippen LogP contribution in [0.2, 0.25) is 0 Å². The van der Waals surface area contributed by atoms with Crippen molar-refractivity contribution in [3.05, 3.63) is 30.3 Å². The SMILES string of the molecule is FC1CN(c2ccccc2)CCN1F. The minimum Gasteiger partial charge on any atom is -0.366 e. The van der Waals surface area contributed by atoms with Gasteiger partial charge in [0.05, 0.1) is 13.1 Å². The quantitative estimate of drug-likeness (QED) is 0.503. The van der Waals surface area contributed by atoms with Gasteiger partial charge >= 0.3 is 0 Å². The van der Waals surface area contributed by atoms with Gasteiger partial charge < -0.3 is 4.90 Å². The van der Waals surface area contributed by atoms with E-state index in [2.05, 4.69) is 0 Å². The second kappa shape index (κ2) is 3.92. The zero-order valence-electron chi connectivity index (χ0n) is 7.74. The van der Waals surface area contributed by atoms with Gasteiger partial charge in [-0.2, -0.15) is 0 Å². The fourth-order valence-corrected chi connectivity index (χ4v) is 1.59. The Morgan fingerprint density at radius 3 is 2.50 bits per heavy atom. The topological polar surface area (TPSA) is 6.48 Å². The van der Waals surface area contributed by atoms with E-state index >= 15 is 0 Å². The molecule has 1 unspecified atom stereocenters. The van der Waals surface area contributed by atoms with Gasteiger partial charge in [0.1, 0.15) is 0 Å². The standard InChI is InChI=1S/C10H12F2N2/c11-10-8-13(6-7-14(10)12)9-4-2-1-3-5-9/h1-5,10H,6-8H2. The van der Waals surface area contributed by atoms with Crippen molar-refractivity contribution in [2.75, 3.05) is 24.5 Å². The molecule has 2 rings (SSSR count). The van der Waals surface area contributed by atoms with E-state index in [-0.39, 0.29) is 18.2 Å². The van der Waals surface area contributed by atoms with Gasteiger partial charge in [-0.1, -0.05) is 18.2 Å². The lowest BCUT2D eigenvalue weighted by atomic mass is 10.2. The summed E-state index contributed by atoms with van der Waals surface area (Å²) >= 11 is 0. The normalized spacial score (nSPS) is 23.9. The molecule has 0 amide bonds. The number of piperazine rings is 1. The number of alkyl halides is 1. The van der Waals surface area contributed by atoms with E-state index in [0.29, 0.717) is 6.54 Å². The summed E-state index contributed by atoms with van der Waals surface area (Å²) in [6.07, 6.45) is -1.51. The summed E-state index contributed by atoms with van der Waals surface area (Å²) in [5.74, 6) is 0. The Labute approximate surface area is 81.7 Å². The Morgan fingerprint density at radius 1 is 1.14 bits per heavy atom. The van der Waals surface area contributed by atoms with E-state index in [1.54, 1.807) is 0 Å². The zero-order chi connectivity index (χ0) is 9.97. The second-order valence-corrected chi connectivity index (χ2v) is 3.34. The third-order valence-electron chi connectivity index (χ3n) is 2.38. The Balaban J connectivity index is 2.07. The molecule has 2 nitrogen and oxygen atoms in total. The molecule has 1 atom stereocenters. The fraction of sp³-hybridized carbons (Fsp3) is 0.400. The predicted octanol–water partition coefficient (Wildman–Crippen LogP) is 1.99. The van der Waals surface area contributed by atoms with Gasteiger partial charge in [0.25, 0.3) is 0 Å². The van der Waals surface area contributed by atoms with Crippen molar-refractivity contribution in [1.29, 1.82) is 0 Å². The smallest absolute Gasteiger partial charge is 0.197 e. The molecule has 0 saturated carbocycles. The highest BCUT2D eigenvalue weighted by atomic mass is 19.2. The molecule has 76 valence electrons. The summed E-state index contributed by atoms with van der Waals surface area (Å²) in [6.45, 7) is 0.748. The molecule has 1 aliphatic heterocycles. The highest BCUT2D eigenvalue weighted by Gasteiger charge is 2.26. The maximum absolute atomic E-state index is 13.0. The minimum absolute atomic E-state index is 0.0977. The van der Waals surface area contributed by atoms with Crippen LogP contribution in [0.3, 0.4) is 0 Å². The summed E-state index contributed by atoms with van der Waals surface area (Å²) in [5.41, 5.74) is 0.947. The molecule has 0 aliphatic carbocycles. The third kappa shape index (κ3) is 1.85. The van der Waals surface area contributed by atoms with Crippen LogP contribution in [0.1, 0.15) is 0 Å². The van der Waals surface area contributed by atoms with E-state index in [0.717, 1.165) is 5.69 Å². The summed E-state index contributed by atoms with van der Waals surface area (Å²) in [4.78, 5) is 1.85. The number of hydrogen-bond acceptors (Lipinski definition) is 2. The van der Waals surface area contributed by atoms with Gasteiger partial charge in [0.15, 0.2) is 6.30 Å². The first kappa shape index (κ1) is 9.40. The number of anilines is 1. The number of nitrogens with zero attached hydrogens (tertiary/aromatic N) is 2. The Kier molecular flexibility index (Phi) is 2.63. The van der Waals surface area contributed by atoms with E-state index in [1.165, 1.54) is 0 Å². The van der Waals surface area contributed by atoms with Crippen molar-refractivity contribution in [2.24, 2.45) is 0 Å². The lowest BCUT2D eigenvalue weighted by molar-refractivity contribution is -0.0851. The molecule has 1 saturated heterocycles. The largest absolute Gasteiger partial charge is 0.366 e. The molecular formula is C10H12F2N2. The molecule has 14 heavy (non-hydrogen) atoms. The van der Waals surface area contributed by atoms with Crippen molar-refractivity contribution in [3.63, 3.8) is 0 Å². The molecule has 0 N–H and O–H groups in total. The lowest BCUT2D eigenvalue weighted by Gasteiger charge is -2.33. The van der Waals surface area contributed by atoms with E-state index < -0.39 is 6.30 Å². The van der Waals surface area contributed by atoms with E-state index in [4.69, 9.17) is 0 Å². The first-order valence-electron chi connectivity index (χ1n) is 4.64. The van der Waals surface area contributed by atoms with E-state index in [9.17, 15) is 8.87 Å². The molecule has 0 aromatic heterocycles. The molecule has 1 aromatic carbocycles. The van der Waals surface area contributed by atoms with Crippen LogP contribution < -0.4 is 4.90 Å². The van der Waals surface area contributed by atoms with Crippen LogP contribution in [0.5, 0.6) is 0 Å². The second-order valence-electron chi connectivity index (χ2n) is 3.34. The van der Waals surface area contributed by atoms with Crippen molar-refractivity contribution in [3.8, 4) is 0 Å². The monoisotopic (exact) mass is 198 g/mol. The van der Waals surface area contributed by atoms with Gasteiger partial charge in [0, 0.05) is 12.2 Å². The summed E-state index contributed by atoms with van der Waals surface area (Å²) in [7, 11) is 0. The average Bonchev–Trinajstić information content (AvgIpc) is 2.23. The van der Waals surface area contributed by atoms with Crippen LogP contribution in [0.15, 0.2) is 30.3 Å². The molecule has 0 bridgehead atoms. The van der Waals surface area contributed by atoms with Gasteiger partial charge in [-0.05, 0) is 12.1 Å². The number of para-hydroxylation sites is 1. The van der Waals surface area contributed by atoms with Crippen LogP contribution >= 0.6 is 0 Å². The maximum Gasteiger partial charge on any atom is 0.197 e.